The Morgan fingerprint density at radius 1 is 1.15 bits per heavy atom. The number of fused-ring (bicyclic) bond motifs is 1. The number of nitrogens with zero attached hydrogens (tertiary/aromatic N) is 2. The predicted octanol–water partition coefficient (Wildman–Crippen LogP) is 4.37. The number of thiophene rings is 1. The summed E-state index contributed by atoms with van der Waals surface area (Å²) < 4.78 is 0. The Bertz CT molecular complexity index is 808. The molecule has 3 aromatic rings. The first-order chi connectivity index (χ1) is 9.72. The molecule has 0 atom stereocenters. The number of rotatable bonds is 3. The SMILES string of the molecule is O=[N+]([O-])c1cc(/C=C/c2ccc3ccccc3n2)cs1. The summed E-state index contributed by atoms with van der Waals surface area (Å²) in [6, 6.07) is 13.4. The number of hydrogen-bond donors (Lipinski definition) is 0. The summed E-state index contributed by atoms with van der Waals surface area (Å²) in [5.41, 5.74) is 2.58. The zero-order valence-corrected chi connectivity index (χ0v) is 11.2. The van der Waals surface area contributed by atoms with Gasteiger partial charge in [-0.15, -0.1) is 0 Å². The van der Waals surface area contributed by atoms with E-state index >= 15 is 0 Å². The molecule has 0 fully saturated rings. The zero-order chi connectivity index (χ0) is 13.9. The average Bonchev–Trinajstić information content (AvgIpc) is 2.94. The Morgan fingerprint density at radius 3 is 2.80 bits per heavy atom. The molecule has 0 spiro atoms. The van der Waals surface area contributed by atoms with Gasteiger partial charge in [-0.05, 0) is 23.8 Å². The van der Waals surface area contributed by atoms with E-state index in [2.05, 4.69) is 4.98 Å². The minimum Gasteiger partial charge on any atom is -0.258 e. The van der Waals surface area contributed by atoms with Crippen molar-refractivity contribution in [3.63, 3.8) is 0 Å². The second-order valence-electron chi connectivity index (χ2n) is 4.24. The lowest BCUT2D eigenvalue weighted by molar-refractivity contribution is -0.380. The van der Waals surface area contributed by atoms with Crippen LogP contribution in [-0.4, -0.2) is 9.91 Å². The fraction of sp³-hybridized carbons (Fsp3) is 0. The van der Waals surface area contributed by atoms with Crippen LogP contribution < -0.4 is 0 Å². The molecule has 0 N–H and O–H groups in total. The fourth-order valence-electron chi connectivity index (χ4n) is 1.88. The highest BCUT2D eigenvalue weighted by atomic mass is 32.1. The second-order valence-corrected chi connectivity index (χ2v) is 5.13. The number of para-hydroxylation sites is 1. The van der Waals surface area contributed by atoms with Gasteiger partial charge in [0, 0.05) is 16.8 Å². The summed E-state index contributed by atoms with van der Waals surface area (Å²) in [6.07, 6.45) is 3.69. The molecule has 2 heterocycles. The van der Waals surface area contributed by atoms with Gasteiger partial charge in [0.2, 0.25) is 0 Å². The van der Waals surface area contributed by atoms with E-state index in [0.717, 1.165) is 33.5 Å². The van der Waals surface area contributed by atoms with Crippen LogP contribution in [0.1, 0.15) is 11.3 Å². The molecule has 0 amide bonds. The van der Waals surface area contributed by atoms with E-state index < -0.39 is 0 Å². The summed E-state index contributed by atoms with van der Waals surface area (Å²) in [4.78, 5) is 14.8. The van der Waals surface area contributed by atoms with Crippen molar-refractivity contribution in [1.29, 1.82) is 0 Å². The summed E-state index contributed by atoms with van der Waals surface area (Å²) in [7, 11) is 0. The normalized spacial score (nSPS) is 11.2. The maximum absolute atomic E-state index is 10.6. The van der Waals surface area contributed by atoms with E-state index in [9.17, 15) is 10.1 Å². The summed E-state index contributed by atoms with van der Waals surface area (Å²) in [6.45, 7) is 0. The monoisotopic (exact) mass is 282 g/mol. The van der Waals surface area contributed by atoms with Gasteiger partial charge in [-0.3, -0.25) is 10.1 Å². The van der Waals surface area contributed by atoms with Crippen LogP contribution in [0.25, 0.3) is 23.1 Å². The summed E-state index contributed by atoms with van der Waals surface area (Å²) in [5.74, 6) is 0. The Labute approximate surface area is 119 Å². The molecule has 0 aliphatic heterocycles. The standard InChI is InChI=1S/C15H10N2O2S/c18-17(19)15-9-11(10-20-15)5-7-13-8-6-12-3-1-2-4-14(12)16-13/h1-10H/b7-5+. The Hall–Kier alpha value is -2.53. The third-order valence-electron chi connectivity index (χ3n) is 2.85. The first-order valence-corrected chi connectivity index (χ1v) is 6.87. The molecule has 0 radical (unpaired) electrons. The molecule has 5 heteroatoms. The zero-order valence-electron chi connectivity index (χ0n) is 10.4. The first-order valence-electron chi connectivity index (χ1n) is 5.99. The molecule has 0 unspecified atom stereocenters. The van der Waals surface area contributed by atoms with E-state index in [1.54, 1.807) is 11.4 Å². The van der Waals surface area contributed by atoms with Crippen molar-refractivity contribution in [2.75, 3.05) is 0 Å². The fourth-order valence-corrected chi connectivity index (χ4v) is 2.57. The largest absolute Gasteiger partial charge is 0.324 e. The molecule has 0 saturated heterocycles. The lowest BCUT2D eigenvalue weighted by Crippen LogP contribution is -1.82. The molecule has 1 aromatic carbocycles. The van der Waals surface area contributed by atoms with Gasteiger partial charge in [0.25, 0.3) is 0 Å². The maximum atomic E-state index is 10.6. The van der Waals surface area contributed by atoms with Crippen molar-refractivity contribution < 1.29 is 4.92 Å². The van der Waals surface area contributed by atoms with Gasteiger partial charge in [-0.2, -0.15) is 0 Å². The van der Waals surface area contributed by atoms with Crippen molar-refractivity contribution in [1.82, 2.24) is 4.98 Å². The molecule has 98 valence electrons. The Kier molecular flexibility index (Phi) is 3.26. The van der Waals surface area contributed by atoms with Crippen LogP contribution in [0.15, 0.2) is 47.8 Å². The van der Waals surface area contributed by atoms with E-state index in [-0.39, 0.29) is 9.92 Å². The number of aromatic nitrogens is 1. The van der Waals surface area contributed by atoms with Gasteiger partial charge in [-0.25, -0.2) is 4.98 Å². The van der Waals surface area contributed by atoms with E-state index in [1.807, 2.05) is 48.6 Å². The molecule has 20 heavy (non-hydrogen) atoms. The second kappa shape index (κ2) is 5.22. The van der Waals surface area contributed by atoms with Gasteiger partial charge in [0.15, 0.2) is 0 Å². The van der Waals surface area contributed by atoms with Crippen LogP contribution in [0.2, 0.25) is 0 Å². The smallest absolute Gasteiger partial charge is 0.258 e. The molecule has 0 bridgehead atoms. The number of benzene rings is 1. The molecule has 3 rings (SSSR count). The van der Waals surface area contributed by atoms with Crippen LogP contribution in [0.4, 0.5) is 5.00 Å². The molecular formula is C15H10N2O2S. The van der Waals surface area contributed by atoms with Gasteiger partial charge < -0.3 is 0 Å². The summed E-state index contributed by atoms with van der Waals surface area (Å²) in [5, 5.41) is 13.6. The van der Waals surface area contributed by atoms with Gasteiger partial charge >= 0.3 is 5.00 Å². The molecule has 0 aliphatic carbocycles. The van der Waals surface area contributed by atoms with Crippen LogP contribution in [0.5, 0.6) is 0 Å². The van der Waals surface area contributed by atoms with Crippen molar-refractivity contribution in [3.8, 4) is 0 Å². The van der Waals surface area contributed by atoms with E-state index in [0.29, 0.717) is 0 Å². The Balaban J connectivity index is 1.87. The predicted molar refractivity (Wildman–Crippen MR) is 81.6 cm³/mol. The lowest BCUT2D eigenvalue weighted by Gasteiger charge is -1.97. The molecule has 0 aliphatic rings. The highest BCUT2D eigenvalue weighted by Crippen LogP contribution is 2.24. The lowest BCUT2D eigenvalue weighted by atomic mass is 10.2. The van der Waals surface area contributed by atoms with Gasteiger partial charge in [0.05, 0.1) is 16.1 Å². The molecular weight excluding hydrogens is 272 g/mol. The molecule has 4 nitrogen and oxygen atoms in total. The average molecular weight is 282 g/mol. The topological polar surface area (TPSA) is 56.0 Å². The number of hydrogen-bond acceptors (Lipinski definition) is 4. The van der Waals surface area contributed by atoms with Crippen LogP contribution in [0.3, 0.4) is 0 Å². The van der Waals surface area contributed by atoms with Gasteiger partial charge in [0.1, 0.15) is 0 Å². The highest BCUT2D eigenvalue weighted by Gasteiger charge is 2.07. The third-order valence-corrected chi connectivity index (χ3v) is 3.75. The van der Waals surface area contributed by atoms with Crippen LogP contribution >= 0.6 is 11.3 Å². The minimum atomic E-state index is -0.379. The maximum Gasteiger partial charge on any atom is 0.324 e. The van der Waals surface area contributed by atoms with E-state index in [1.165, 1.54) is 0 Å². The van der Waals surface area contributed by atoms with Gasteiger partial charge in [-0.1, -0.05) is 41.7 Å². The van der Waals surface area contributed by atoms with Crippen molar-refractivity contribution >= 4 is 39.4 Å². The third kappa shape index (κ3) is 2.57. The Morgan fingerprint density at radius 2 is 2.00 bits per heavy atom. The van der Waals surface area contributed by atoms with Crippen molar-refractivity contribution in [2.24, 2.45) is 0 Å². The first kappa shape index (κ1) is 12.5. The van der Waals surface area contributed by atoms with Crippen LogP contribution in [-0.2, 0) is 0 Å². The molecule has 2 aromatic heterocycles. The number of nitro groups is 1. The highest BCUT2D eigenvalue weighted by molar-refractivity contribution is 7.13. The van der Waals surface area contributed by atoms with Crippen molar-refractivity contribution in [2.45, 2.75) is 0 Å². The summed E-state index contributed by atoms with van der Waals surface area (Å²) >= 11 is 1.12. The molecule has 0 saturated carbocycles. The van der Waals surface area contributed by atoms with Crippen molar-refractivity contribution in [3.05, 3.63) is 69.2 Å². The minimum absolute atomic E-state index is 0.149. The number of pyridine rings is 1. The van der Waals surface area contributed by atoms with Crippen LogP contribution in [0, 0.1) is 10.1 Å². The quantitative estimate of drug-likeness (QED) is 0.529. The van der Waals surface area contributed by atoms with E-state index in [4.69, 9.17) is 0 Å².